The predicted molar refractivity (Wildman–Crippen MR) is 150 cm³/mol. The van der Waals surface area contributed by atoms with Crippen LogP contribution in [0.5, 0.6) is 0 Å². The molecule has 3 heterocycles. The quantitative estimate of drug-likeness (QED) is 0.341. The molecule has 15 atom stereocenters. The van der Waals surface area contributed by atoms with Gasteiger partial charge in [0.05, 0.1) is 30.5 Å². The highest BCUT2D eigenvalue weighted by atomic mass is 16.7. The van der Waals surface area contributed by atoms with E-state index in [1.54, 1.807) is 0 Å². The zero-order chi connectivity index (χ0) is 27.8. The van der Waals surface area contributed by atoms with Crippen LogP contribution in [0.1, 0.15) is 109 Å². The molecule has 5 heteroatoms. The lowest BCUT2D eigenvalue weighted by Crippen LogP contribution is -2.62. The number of rotatable bonds is 7. The van der Waals surface area contributed by atoms with Crippen LogP contribution in [0.25, 0.3) is 0 Å². The van der Waals surface area contributed by atoms with E-state index in [9.17, 15) is 0 Å². The molecule has 0 aliphatic carbocycles. The van der Waals surface area contributed by atoms with Crippen molar-refractivity contribution in [1.29, 1.82) is 0 Å². The molecule has 0 aromatic rings. The van der Waals surface area contributed by atoms with Crippen molar-refractivity contribution in [2.45, 2.75) is 158 Å². The molecule has 0 amide bonds. The molecule has 3 aliphatic rings. The van der Waals surface area contributed by atoms with E-state index in [4.69, 9.17) is 23.7 Å². The van der Waals surface area contributed by atoms with Gasteiger partial charge in [-0.2, -0.15) is 0 Å². The third-order valence-corrected chi connectivity index (χ3v) is 10.7. The van der Waals surface area contributed by atoms with Gasteiger partial charge in [-0.15, -0.1) is 0 Å². The molecular weight excluding hydrogens is 464 g/mol. The van der Waals surface area contributed by atoms with Crippen molar-refractivity contribution < 1.29 is 23.7 Å². The van der Waals surface area contributed by atoms with Gasteiger partial charge in [-0.25, -0.2) is 0 Å². The predicted octanol–water partition coefficient (Wildman–Crippen LogP) is 7.70. The van der Waals surface area contributed by atoms with Crippen LogP contribution in [-0.4, -0.2) is 49.2 Å². The van der Waals surface area contributed by atoms with E-state index in [0.717, 1.165) is 19.3 Å². The summed E-state index contributed by atoms with van der Waals surface area (Å²) in [7, 11) is 0. The highest BCUT2D eigenvalue weighted by Crippen LogP contribution is 2.45. The average Bonchev–Trinajstić information content (AvgIpc) is 2.85. The fourth-order valence-corrected chi connectivity index (χ4v) is 7.12. The molecule has 0 bridgehead atoms. The zero-order valence-corrected chi connectivity index (χ0v) is 26.3. The summed E-state index contributed by atoms with van der Waals surface area (Å²) in [6.07, 6.45) is 2.56. The highest BCUT2D eigenvalue weighted by molar-refractivity contribution is 4.98. The Hall–Kier alpha value is -0.200. The van der Waals surface area contributed by atoms with E-state index in [-0.39, 0.29) is 60.5 Å². The first-order valence-corrected chi connectivity index (χ1v) is 15.5. The maximum Gasteiger partial charge on any atom is 0.161 e. The van der Waals surface area contributed by atoms with Gasteiger partial charge in [-0.3, -0.25) is 0 Å². The minimum atomic E-state index is -0.266. The van der Waals surface area contributed by atoms with Gasteiger partial charge in [0.2, 0.25) is 0 Å². The second-order valence-corrected chi connectivity index (χ2v) is 14.0. The van der Waals surface area contributed by atoms with E-state index in [1.807, 2.05) is 0 Å². The number of ether oxygens (including phenoxy) is 5. The minimum Gasteiger partial charge on any atom is -0.371 e. The molecule has 3 rings (SSSR count). The van der Waals surface area contributed by atoms with E-state index in [1.165, 1.54) is 0 Å². The number of hydrogen-bond acceptors (Lipinski definition) is 5. The summed E-state index contributed by atoms with van der Waals surface area (Å²) in [5, 5.41) is 0. The third kappa shape index (κ3) is 6.42. The van der Waals surface area contributed by atoms with Crippen molar-refractivity contribution >= 4 is 0 Å². The summed E-state index contributed by atoms with van der Waals surface area (Å²) in [6.45, 7) is 29.6. The molecule has 3 fully saturated rings. The van der Waals surface area contributed by atoms with E-state index >= 15 is 0 Å². The van der Waals surface area contributed by atoms with Crippen LogP contribution in [-0.2, 0) is 23.7 Å². The Kier molecular flexibility index (Phi) is 10.6. The van der Waals surface area contributed by atoms with Crippen molar-refractivity contribution in [2.75, 3.05) is 0 Å². The van der Waals surface area contributed by atoms with Crippen LogP contribution in [0.3, 0.4) is 0 Å². The van der Waals surface area contributed by atoms with Crippen LogP contribution < -0.4 is 0 Å². The molecule has 0 N–H and O–H groups in total. The van der Waals surface area contributed by atoms with E-state index in [0.29, 0.717) is 35.5 Å². The molecule has 0 unspecified atom stereocenters. The normalized spacial score (nSPS) is 49.7. The maximum atomic E-state index is 7.07. The molecule has 0 aromatic carbocycles. The van der Waals surface area contributed by atoms with E-state index in [2.05, 4.69) is 90.0 Å². The van der Waals surface area contributed by atoms with Gasteiger partial charge in [-0.05, 0) is 48.3 Å². The van der Waals surface area contributed by atoms with Crippen LogP contribution >= 0.6 is 0 Å². The molecule has 37 heavy (non-hydrogen) atoms. The fraction of sp³-hybridized carbons (Fsp3) is 1.00. The molecule has 3 aliphatic heterocycles. The zero-order valence-electron chi connectivity index (χ0n) is 26.3. The molecule has 5 nitrogen and oxygen atoms in total. The van der Waals surface area contributed by atoms with Crippen LogP contribution in [0, 0.1) is 46.8 Å². The number of hydrogen-bond donors (Lipinski definition) is 0. The molecule has 3 saturated heterocycles. The van der Waals surface area contributed by atoms with Gasteiger partial charge in [0.15, 0.2) is 12.6 Å². The third-order valence-electron chi connectivity index (χ3n) is 10.7. The molecule has 0 saturated carbocycles. The van der Waals surface area contributed by atoms with Crippen molar-refractivity contribution in [3.8, 4) is 0 Å². The smallest absolute Gasteiger partial charge is 0.161 e. The van der Waals surface area contributed by atoms with Crippen molar-refractivity contribution in [1.82, 2.24) is 0 Å². The van der Waals surface area contributed by atoms with Crippen LogP contribution in [0.15, 0.2) is 0 Å². The SMILES string of the molecule is CC[C@H]1O[C@@H](O[C@@H]2[C@@H](O[C@@H]3O[C@H](CC)[C@@H](C)[C@H](C)[C@H]3C)[C@H](C)[C@@H](CC)O[C@H]2C(C)(C)C)[C@H](C)[C@@H](C)[C@@H]1C. The van der Waals surface area contributed by atoms with Crippen LogP contribution in [0.2, 0.25) is 0 Å². The fourth-order valence-electron chi connectivity index (χ4n) is 7.12. The summed E-state index contributed by atoms with van der Waals surface area (Å²) >= 11 is 0. The van der Waals surface area contributed by atoms with Gasteiger partial charge < -0.3 is 23.7 Å². The monoisotopic (exact) mass is 524 g/mol. The lowest BCUT2D eigenvalue weighted by Gasteiger charge is -2.53. The highest BCUT2D eigenvalue weighted by Gasteiger charge is 2.53. The topological polar surface area (TPSA) is 46.2 Å². The second kappa shape index (κ2) is 12.5. The van der Waals surface area contributed by atoms with Crippen molar-refractivity contribution in [3.63, 3.8) is 0 Å². The Labute approximate surface area is 229 Å². The maximum absolute atomic E-state index is 7.07. The second-order valence-electron chi connectivity index (χ2n) is 14.0. The lowest BCUT2D eigenvalue weighted by molar-refractivity contribution is -0.350. The first-order valence-electron chi connectivity index (χ1n) is 15.5. The molecule has 218 valence electrons. The lowest BCUT2D eigenvalue weighted by atomic mass is 9.75. The van der Waals surface area contributed by atoms with E-state index < -0.39 is 0 Å². The van der Waals surface area contributed by atoms with Crippen molar-refractivity contribution in [3.05, 3.63) is 0 Å². The summed E-state index contributed by atoms with van der Waals surface area (Å²) in [5.74, 6) is 2.91. The summed E-state index contributed by atoms with van der Waals surface area (Å²) in [5.41, 5.74) is -0.104. The van der Waals surface area contributed by atoms with Gasteiger partial charge in [-0.1, -0.05) is 90.0 Å². The Morgan fingerprint density at radius 2 is 0.865 bits per heavy atom. The van der Waals surface area contributed by atoms with Gasteiger partial charge in [0.1, 0.15) is 6.10 Å². The Bertz CT molecular complexity index is 702. The standard InChI is InChI=1S/C32H60O5/c1-14-24-19(6)17(4)21(8)30(34-24)36-27-23(10)26(16-3)33-29(32(11,12)13)28(27)37-31-22(9)18(5)20(7)25(15-2)35-31/h17-31H,14-16H2,1-13H3/t17-,18-,19-,20-,21+,22+,23+,24+,25+,26+,27-,28+,29+,30-,31-/m0/s1. The largest absolute Gasteiger partial charge is 0.371 e. The average molecular weight is 525 g/mol. The molecular formula is C32H60O5. The Morgan fingerprint density at radius 3 is 1.24 bits per heavy atom. The molecule has 0 aromatic heterocycles. The first-order chi connectivity index (χ1) is 17.3. The summed E-state index contributed by atoms with van der Waals surface area (Å²) in [4.78, 5) is 0. The Morgan fingerprint density at radius 1 is 0.486 bits per heavy atom. The Balaban J connectivity index is 1.95. The van der Waals surface area contributed by atoms with Gasteiger partial charge >= 0.3 is 0 Å². The van der Waals surface area contributed by atoms with Crippen LogP contribution in [0.4, 0.5) is 0 Å². The first kappa shape index (κ1) is 31.3. The van der Waals surface area contributed by atoms with Crippen molar-refractivity contribution in [2.24, 2.45) is 46.8 Å². The van der Waals surface area contributed by atoms with Gasteiger partial charge in [0, 0.05) is 17.8 Å². The summed E-state index contributed by atoms with van der Waals surface area (Å²) in [6, 6.07) is 0. The van der Waals surface area contributed by atoms with Gasteiger partial charge in [0.25, 0.3) is 0 Å². The minimum absolute atomic E-state index is 0.0959. The molecule has 0 spiro atoms. The summed E-state index contributed by atoms with van der Waals surface area (Å²) < 4.78 is 34.3. The molecule has 0 radical (unpaired) electrons.